The van der Waals surface area contributed by atoms with Crippen molar-refractivity contribution in [2.75, 3.05) is 12.8 Å². The van der Waals surface area contributed by atoms with E-state index in [1.807, 2.05) is 47.1 Å². The number of nitrogens with zero attached hydrogens (tertiary/aromatic N) is 4. The van der Waals surface area contributed by atoms with Crippen LogP contribution in [0.4, 0.5) is 5.69 Å². The Kier molecular flexibility index (Phi) is 4.30. The molecule has 0 atom stereocenters. The minimum Gasteiger partial charge on any atom is -0.464 e. The summed E-state index contributed by atoms with van der Waals surface area (Å²) in [7, 11) is 1.28. The van der Waals surface area contributed by atoms with E-state index in [-0.39, 0.29) is 16.9 Å². The maximum Gasteiger partial charge on any atom is 0.357 e. The minimum atomic E-state index is -0.598. The zero-order valence-electron chi connectivity index (χ0n) is 15.2. The monoisotopic (exact) mass is 371 g/mol. The van der Waals surface area contributed by atoms with Crippen LogP contribution in [-0.2, 0) is 11.3 Å². The molecule has 7 heteroatoms. The largest absolute Gasteiger partial charge is 0.464 e. The van der Waals surface area contributed by atoms with Crippen molar-refractivity contribution in [1.82, 2.24) is 14.3 Å². The van der Waals surface area contributed by atoms with Crippen LogP contribution in [0.2, 0.25) is 0 Å². The summed E-state index contributed by atoms with van der Waals surface area (Å²) in [5.41, 5.74) is 9.25. The smallest absolute Gasteiger partial charge is 0.357 e. The van der Waals surface area contributed by atoms with E-state index in [9.17, 15) is 10.1 Å². The van der Waals surface area contributed by atoms with Crippen LogP contribution in [-0.4, -0.2) is 27.4 Å². The Labute approximate surface area is 161 Å². The number of anilines is 1. The van der Waals surface area contributed by atoms with Crippen molar-refractivity contribution in [2.24, 2.45) is 0 Å². The van der Waals surface area contributed by atoms with Crippen LogP contribution in [0.5, 0.6) is 0 Å². The maximum atomic E-state index is 12.2. The molecule has 0 fully saturated rings. The lowest BCUT2D eigenvalue weighted by Crippen LogP contribution is -2.11. The van der Waals surface area contributed by atoms with Gasteiger partial charge < -0.3 is 15.0 Å². The Morgan fingerprint density at radius 3 is 2.75 bits per heavy atom. The molecule has 4 rings (SSSR count). The highest BCUT2D eigenvalue weighted by molar-refractivity contribution is 5.96. The molecule has 0 saturated carbocycles. The second-order valence-electron chi connectivity index (χ2n) is 6.31. The van der Waals surface area contributed by atoms with Gasteiger partial charge in [-0.25, -0.2) is 4.79 Å². The normalized spacial score (nSPS) is 10.7. The second kappa shape index (κ2) is 6.93. The van der Waals surface area contributed by atoms with Crippen molar-refractivity contribution in [3.63, 3.8) is 0 Å². The van der Waals surface area contributed by atoms with Gasteiger partial charge in [-0.1, -0.05) is 30.3 Å². The minimum absolute atomic E-state index is 0.106. The first-order valence-electron chi connectivity index (χ1n) is 8.61. The number of carbonyl (C=O) groups excluding carboxylic acids is 1. The number of fused-ring (bicyclic) bond motifs is 1. The van der Waals surface area contributed by atoms with Gasteiger partial charge in [0.1, 0.15) is 6.07 Å². The number of ether oxygens (including phenoxy) is 1. The molecule has 0 amide bonds. The van der Waals surface area contributed by atoms with Gasteiger partial charge in [0, 0.05) is 17.3 Å². The third kappa shape index (κ3) is 2.87. The molecule has 7 nitrogen and oxygen atoms in total. The first-order valence-corrected chi connectivity index (χ1v) is 8.61. The van der Waals surface area contributed by atoms with E-state index in [2.05, 4.69) is 17.2 Å². The van der Waals surface area contributed by atoms with E-state index >= 15 is 0 Å². The molecule has 138 valence electrons. The molecule has 0 saturated heterocycles. The average Bonchev–Trinajstić information content (AvgIpc) is 3.28. The number of hydrogen-bond acceptors (Lipinski definition) is 5. The summed E-state index contributed by atoms with van der Waals surface area (Å²) >= 11 is 0. The Hall–Kier alpha value is -4.05. The van der Waals surface area contributed by atoms with Gasteiger partial charge in [-0.15, -0.1) is 0 Å². The van der Waals surface area contributed by atoms with E-state index in [1.165, 1.54) is 13.3 Å². The maximum absolute atomic E-state index is 12.2. The highest BCUT2D eigenvalue weighted by Gasteiger charge is 2.22. The lowest BCUT2D eigenvalue weighted by Gasteiger charge is -2.09. The summed E-state index contributed by atoms with van der Waals surface area (Å²) in [6, 6.07) is 17.8. The first-order chi connectivity index (χ1) is 13.6. The van der Waals surface area contributed by atoms with Crippen molar-refractivity contribution in [2.45, 2.75) is 6.54 Å². The summed E-state index contributed by atoms with van der Waals surface area (Å²) in [6.45, 7) is 0.659. The third-order valence-corrected chi connectivity index (χ3v) is 4.62. The number of nitrogens with two attached hydrogens (primary N) is 1. The van der Waals surface area contributed by atoms with Gasteiger partial charge in [0.25, 0.3) is 0 Å². The van der Waals surface area contributed by atoms with Crippen LogP contribution in [0.15, 0.2) is 60.9 Å². The fraction of sp³-hybridized carbons (Fsp3) is 0.0952. The topological polar surface area (TPSA) is 98.9 Å². The highest BCUT2D eigenvalue weighted by Crippen LogP contribution is 2.27. The number of rotatable bonds is 4. The number of nitriles is 1. The Morgan fingerprint density at radius 1 is 1.25 bits per heavy atom. The first kappa shape index (κ1) is 17.4. The van der Waals surface area contributed by atoms with Gasteiger partial charge >= 0.3 is 5.97 Å². The second-order valence-corrected chi connectivity index (χ2v) is 6.31. The van der Waals surface area contributed by atoms with Gasteiger partial charge in [-0.2, -0.15) is 10.4 Å². The molecule has 2 aromatic carbocycles. The van der Waals surface area contributed by atoms with Crippen molar-refractivity contribution in [1.29, 1.82) is 5.26 Å². The molecule has 2 N–H and O–H groups in total. The summed E-state index contributed by atoms with van der Waals surface area (Å²) in [5.74, 6) is -0.598. The highest BCUT2D eigenvalue weighted by atomic mass is 16.5. The van der Waals surface area contributed by atoms with Crippen LogP contribution in [0.1, 0.15) is 21.6 Å². The van der Waals surface area contributed by atoms with Crippen molar-refractivity contribution in [3.8, 4) is 11.8 Å². The third-order valence-electron chi connectivity index (χ3n) is 4.62. The lowest BCUT2D eigenvalue weighted by molar-refractivity contribution is 0.0593. The molecular weight excluding hydrogens is 354 g/mol. The molecule has 0 aliphatic rings. The molecule has 0 radical (unpaired) electrons. The van der Waals surface area contributed by atoms with E-state index in [0.717, 1.165) is 16.5 Å². The number of esters is 1. The van der Waals surface area contributed by atoms with Gasteiger partial charge in [0.2, 0.25) is 0 Å². The summed E-state index contributed by atoms with van der Waals surface area (Å²) in [5, 5.41) is 14.7. The quantitative estimate of drug-likeness (QED) is 0.556. The van der Waals surface area contributed by atoms with Crippen LogP contribution in [0, 0.1) is 11.3 Å². The fourth-order valence-electron chi connectivity index (χ4n) is 3.22. The molecule has 28 heavy (non-hydrogen) atoms. The van der Waals surface area contributed by atoms with Crippen molar-refractivity contribution >= 4 is 22.6 Å². The number of benzene rings is 2. The predicted molar refractivity (Wildman–Crippen MR) is 105 cm³/mol. The molecule has 0 aliphatic heterocycles. The lowest BCUT2D eigenvalue weighted by atomic mass is 10.2. The van der Waals surface area contributed by atoms with Gasteiger partial charge in [0.05, 0.1) is 36.6 Å². The number of methoxy groups -OCH3 is 1. The Balaban J connectivity index is 1.78. The van der Waals surface area contributed by atoms with E-state index in [4.69, 9.17) is 10.5 Å². The molecule has 0 bridgehead atoms. The molecule has 0 aliphatic carbocycles. The number of nitrogen functional groups attached to an aromatic ring is 1. The van der Waals surface area contributed by atoms with Crippen molar-refractivity contribution in [3.05, 3.63) is 77.7 Å². The molecule has 0 unspecified atom stereocenters. The van der Waals surface area contributed by atoms with E-state index in [0.29, 0.717) is 12.2 Å². The molecule has 4 aromatic rings. The van der Waals surface area contributed by atoms with Crippen LogP contribution < -0.4 is 5.73 Å². The zero-order valence-corrected chi connectivity index (χ0v) is 15.2. The standard InChI is InChI=1S/C21H17N5O2/c1-28-21(27)20-19(23)16(10-22)13-25(20)17-7-8-18-15(9-17)11-24-26(18)12-14-5-3-2-4-6-14/h2-9,11,13H,12,23H2,1H3. The number of aromatic nitrogens is 3. The SMILES string of the molecule is COC(=O)c1c(N)c(C#N)cn1-c1ccc2c(cnn2Cc2ccccc2)c1. The van der Waals surface area contributed by atoms with E-state index < -0.39 is 5.97 Å². The number of hydrogen-bond donors (Lipinski definition) is 1. The molecule has 0 spiro atoms. The van der Waals surface area contributed by atoms with Crippen molar-refractivity contribution < 1.29 is 9.53 Å². The average molecular weight is 371 g/mol. The van der Waals surface area contributed by atoms with Gasteiger partial charge in [-0.05, 0) is 23.8 Å². The Bertz CT molecular complexity index is 1220. The Morgan fingerprint density at radius 2 is 2.04 bits per heavy atom. The van der Waals surface area contributed by atoms with Crippen LogP contribution in [0.25, 0.3) is 16.6 Å². The predicted octanol–water partition coefficient (Wildman–Crippen LogP) is 3.12. The summed E-state index contributed by atoms with van der Waals surface area (Å²) in [4.78, 5) is 12.2. The van der Waals surface area contributed by atoms with E-state index in [1.54, 1.807) is 10.8 Å². The molecule has 2 aromatic heterocycles. The van der Waals surface area contributed by atoms with Gasteiger partial charge in [0.15, 0.2) is 5.69 Å². The summed E-state index contributed by atoms with van der Waals surface area (Å²) < 4.78 is 8.32. The molecular formula is C21H17N5O2. The zero-order chi connectivity index (χ0) is 19.7. The van der Waals surface area contributed by atoms with Crippen LogP contribution in [0.3, 0.4) is 0 Å². The van der Waals surface area contributed by atoms with Gasteiger partial charge in [-0.3, -0.25) is 4.68 Å². The molecule has 2 heterocycles. The summed E-state index contributed by atoms with van der Waals surface area (Å²) in [6.07, 6.45) is 3.31. The van der Waals surface area contributed by atoms with Crippen LogP contribution >= 0.6 is 0 Å². The fourth-order valence-corrected chi connectivity index (χ4v) is 3.22. The number of carbonyl (C=O) groups is 1.